The Balaban J connectivity index is 1.29. The number of rotatable bonds is 19. The average Bonchev–Trinajstić information content (AvgIpc) is 3.63. The minimum Gasteiger partial charge on any atom is -0.496 e. The lowest BCUT2D eigenvalue weighted by Crippen LogP contribution is -2.62. The third kappa shape index (κ3) is 11.6. The number of likely N-dealkylation sites (N-methyl/N-ethyl adjacent to an activating group) is 1. The van der Waals surface area contributed by atoms with E-state index >= 15 is 0 Å². The van der Waals surface area contributed by atoms with Gasteiger partial charge in [-0.3, -0.25) is 19.2 Å². The number of nitrogens with zero attached hydrogens (tertiary/aromatic N) is 3. The monoisotopic (exact) mass is 898 g/mol. The van der Waals surface area contributed by atoms with Crippen molar-refractivity contribution in [2.24, 2.45) is 29.1 Å². The van der Waals surface area contributed by atoms with E-state index < -0.39 is 36.9 Å². The van der Waals surface area contributed by atoms with Gasteiger partial charge in [0.1, 0.15) is 24.0 Å². The summed E-state index contributed by atoms with van der Waals surface area (Å²) in [6.45, 7) is 10.6. The van der Waals surface area contributed by atoms with Gasteiger partial charge >= 0.3 is 6.09 Å². The molecule has 65 heavy (non-hydrogen) atoms. The van der Waals surface area contributed by atoms with Gasteiger partial charge in [0.15, 0.2) is 0 Å². The van der Waals surface area contributed by atoms with Gasteiger partial charge in [0, 0.05) is 75.1 Å². The Morgan fingerprint density at radius 2 is 1.69 bits per heavy atom. The standard InChI is InChI=1S/C50H71N7O8/c1-30-41-25-37(50(41,4)5)26-42(30)54-48(61)45-44(31(2)64-49(62)52-20-19-51-32(3)59)43(29-58)65-57(45)27-34-17-14-18-40(46(34)63-10)35-22-36(24-39(23-35)56(8)9)47(60)53-38(28-55(6)7)21-33-15-12-11-13-16-33/h11-18,22-24,30-31,37-38,41-45,58H,19-21,25-29H2,1-10H3,(H,51,59)(H,52,62)(H,53,60)(H,54,61)/t30-,31-,37+,38-,41-,42?,43-,44+,45-/m0/s1. The molecule has 3 saturated carbocycles. The lowest BCUT2D eigenvalue weighted by molar-refractivity contribution is -0.183. The molecular weight excluding hydrogens is 827 g/mol. The predicted molar refractivity (Wildman–Crippen MR) is 251 cm³/mol. The number of amides is 4. The molecule has 4 amide bonds. The number of hydrogen-bond acceptors (Lipinski definition) is 11. The highest BCUT2D eigenvalue weighted by molar-refractivity contribution is 5.97. The van der Waals surface area contributed by atoms with E-state index in [4.69, 9.17) is 14.3 Å². The Hall–Kier alpha value is -5.22. The van der Waals surface area contributed by atoms with Crippen molar-refractivity contribution >= 4 is 29.5 Å². The van der Waals surface area contributed by atoms with Crippen LogP contribution in [-0.2, 0) is 32.1 Å². The van der Waals surface area contributed by atoms with Crippen LogP contribution >= 0.6 is 0 Å². The molecular formula is C50H71N7O8. The number of alkyl carbamates (subject to hydrolysis) is 1. The molecule has 2 bridgehead atoms. The first-order valence-corrected chi connectivity index (χ1v) is 22.9. The molecule has 9 atom stereocenters. The molecule has 1 heterocycles. The summed E-state index contributed by atoms with van der Waals surface area (Å²) in [5.74, 6) is 0.349. The Morgan fingerprint density at radius 1 is 0.969 bits per heavy atom. The maximum atomic E-state index is 14.8. The quantitative estimate of drug-likeness (QED) is 0.104. The van der Waals surface area contributed by atoms with Crippen molar-refractivity contribution in [3.8, 4) is 16.9 Å². The molecule has 15 heteroatoms. The topological polar surface area (TPSA) is 174 Å². The van der Waals surface area contributed by atoms with Crippen LogP contribution < -0.4 is 30.9 Å². The average molecular weight is 898 g/mol. The van der Waals surface area contributed by atoms with Gasteiger partial charge in [-0.15, -0.1) is 0 Å². The maximum Gasteiger partial charge on any atom is 0.407 e. The van der Waals surface area contributed by atoms with Gasteiger partial charge in [0.25, 0.3) is 5.91 Å². The molecule has 4 aliphatic rings. The molecule has 7 rings (SSSR count). The van der Waals surface area contributed by atoms with E-state index in [-0.39, 0.29) is 60.8 Å². The summed E-state index contributed by atoms with van der Waals surface area (Å²) < 4.78 is 12.0. The van der Waals surface area contributed by atoms with Crippen molar-refractivity contribution in [1.29, 1.82) is 0 Å². The van der Waals surface area contributed by atoms with E-state index in [1.54, 1.807) is 19.1 Å². The number of aliphatic hydroxyl groups is 1. The van der Waals surface area contributed by atoms with Crippen LogP contribution in [0.1, 0.15) is 68.9 Å². The number of ether oxygens (including phenoxy) is 2. The largest absolute Gasteiger partial charge is 0.496 e. The zero-order valence-electron chi connectivity index (χ0n) is 39.9. The molecule has 1 unspecified atom stereocenters. The number of hydrogen-bond donors (Lipinski definition) is 5. The van der Waals surface area contributed by atoms with E-state index in [9.17, 15) is 24.3 Å². The van der Waals surface area contributed by atoms with E-state index in [1.807, 2.05) is 87.7 Å². The summed E-state index contributed by atoms with van der Waals surface area (Å²) in [4.78, 5) is 63.8. The number of anilines is 1. The highest BCUT2D eigenvalue weighted by Crippen LogP contribution is 2.61. The number of carbonyl (C=O) groups is 4. The second kappa shape index (κ2) is 21.4. The highest BCUT2D eigenvalue weighted by atomic mass is 16.7. The third-order valence-electron chi connectivity index (χ3n) is 14.0. The number of nitrogens with one attached hydrogen (secondary N) is 4. The fraction of sp³-hybridized carbons (Fsp3) is 0.560. The number of fused-ring (bicyclic) bond motifs is 2. The zero-order chi connectivity index (χ0) is 47.2. The van der Waals surface area contributed by atoms with Crippen LogP contribution in [0.4, 0.5) is 10.5 Å². The summed E-state index contributed by atoms with van der Waals surface area (Å²) in [6, 6.07) is 20.5. The molecule has 0 radical (unpaired) electrons. The molecule has 1 saturated heterocycles. The summed E-state index contributed by atoms with van der Waals surface area (Å²) in [7, 11) is 9.44. The third-order valence-corrected chi connectivity index (χ3v) is 14.0. The number of carbonyl (C=O) groups excluding carboxylic acids is 4. The first-order valence-electron chi connectivity index (χ1n) is 22.9. The molecule has 0 aromatic heterocycles. The molecule has 0 spiro atoms. The van der Waals surface area contributed by atoms with Gasteiger partial charge in [0.2, 0.25) is 11.8 Å². The van der Waals surface area contributed by atoms with Crippen molar-refractivity contribution in [1.82, 2.24) is 31.2 Å². The molecule has 3 aromatic rings. The smallest absolute Gasteiger partial charge is 0.407 e. The Bertz CT molecular complexity index is 2130. The first kappa shape index (κ1) is 49.2. The van der Waals surface area contributed by atoms with Gasteiger partial charge in [-0.05, 0) is 92.8 Å². The second-order valence-corrected chi connectivity index (χ2v) is 19.3. The lowest BCUT2D eigenvalue weighted by atomic mass is 9.45. The van der Waals surface area contributed by atoms with Crippen LogP contribution in [0.2, 0.25) is 0 Å². The Kier molecular flexibility index (Phi) is 16.2. The fourth-order valence-corrected chi connectivity index (χ4v) is 10.4. The van der Waals surface area contributed by atoms with Crippen LogP contribution in [0.5, 0.6) is 5.75 Å². The van der Waals surface area contributed by atoms with Crippen LogP contribution in [0.3, 0.4) is 0 Å². The lowest BCUT2D eigenvalue weighted by Gasteiger charge is -2.62. The number of hydroxylamine groups is 2. The van der Waals surface area contributed by atoms with Crippen molar-refractivity contribution in [3.05, 3.63) is 83.4 Å². The molecule has 1 aliphatic heterocycles. The summed E-state index contributed by atoms with van der Waals surface area (Å²) in [5, 5.41) is 24.3. The molecule has 4 fully saturated rings. The summed E-state index contributed by atoms with van der Waals surface area (Å²) in [6.07, 6.45) is 0.239. The minimum atomic E-state index is -0.959. The number of para-hydroxylation sites is 1. The fourth-order valence-electron chi connectivity index (χ4n) is 10.4. The normalized spacial score (nSPS) is 24.3. The summed E-state index contributed by atoms with van der Waals surface area (Å²) in [5.41, 5.74) is 4.87. The van der Waals surface area contributed by atoms with E-state index in [0.29, 0.717) is 41.7 Å². The van der Waals surface area contributed by atoms with Crippen molar-refractivity contribution in [2.75, 3.05) is 66.4 Å². The van der Waals surface area contributed by atoms with Crippen LogP contribution in [0, 0.1) is 29.1 Å². The van der Waals surface area contributed by atoms with Gasteiger partial charge in [-0.2, -0.15) is 5.06 Å². The van der Waals surface area contributed by atoms with Crippen LogP contribution in [0.15, 0.2) is 66.7 Å². The highest BCUT2D eigenvalue weighted by Gasteiger charge is 2.57. The number of benzene rings is 3. The van der Waals surface area contributed by atoms with Gasteiger partial charge in [-0.1, -0.05) is 69.3 Å². The number of methoxy groups -OCH3 is 1. The number of aliphatic hydroxyl groups excluding tert-OH is 1. The van der Waals surface area contributed by atoms with E-state index in [0.717, 1.165) is 35.2 Å². The molecule has 354 valence electrons. The van der Waals surface area contributed by atoms with Crippen molar-refractivity contribution < 1.29 is 38.6 Å². The Morgan fingerprint density at radius 3 is 2.32 bits per heavy atom. The zero-order valence-corrected chi connectivity index (χ0v) is 39.9. The minimum absolute atomic E-state index is 0.0482. The van der Waals surface area contributed by atoms with Crippen LogP contribution in [0.25, 0.3) is 11.1 Å². The van der Waals surface area contributed by atoms with Crippen molar-refractivity contribution in [2.45, 2.75) is 90.8 Å². The molecule has 3 aliphatic carbocycles. The van der Waals surface area contributed by atoms with E-state index in [2.05, 4.69) is 59.1 Å². The predicted octanol–water partition coefficient (Wildman–Crippen LogP) is 4.86. The Labute approximate surface area is 384 Å². The SMILES string of the molecule is COc1c(CN2O[C@@H](CO)[C@@H]([C@H](C)OC(=O)NCCNC(C)=O)[C@H]2C(=O)NC2C[C@H]3C[C@@H]([C@@H]2C)C3(C)C)cccc1-c1cc(C(=O)N[C@@H](Cc2ccccc2)CN(C)C)cc(N(C)C)c1. The summed E-state index contributed by atoms with van der Waals surface area (Å²) >= 11 is 0. The van der Waals surface area contributed by atoms with Gasteiger partial charge < -0.3 is 45.6 Å². The first-order chi connectivity index (χ1) is 30.9. The van der Waals surface area contributed by atoms with E-state index in [1.165, 1.54) is 6.92 Å². The van der Waals surface area contributed by atoms with Crippen LogP contribution in [-0.4, -0.2) is 131 Å². The molecule has 5 N–H and O–H groups in total. The van der Waals surface area contributed by atoms with Crippen molar-refractivity contribution in [3.63, 3.8) is 0 Å². The van der Waals surface area contributed by atoms with Gasteiger partial charge in [-0.25, -0.2) is 4.79 Å². The maximum absolute atomic E-state index is 14.8. The second-order valence-electron chi connectivity index (χ2n) is 19.3. The van der Waals surface area contributed by atoms with Gasteiger partial charge in [0.05, 0.1) is 26.2 Å². The molecule has 3 aromatic carbocycles. The molecule has 15 nitrogen and oxygen atoms in total.